The van der Waals surface area contributed by atoms with Gasteiger partial charge in [0.05, 0.1) is 0 Å². The molecule has 0 radical (unpaired) electrons. The van der Waals surface area contributed by atoms with Gasteiger partial charge in [-0.25, -0.2) is 0 Å². The molecule has 0 fully saturated rings. The second-order valence-electron chi connectivity index (χ2n) is 5.61. The average molecular weight is 382 g/mol. The Morgan fingerprint density at radius 2 is 1.58 bits per heavy atom. The molecule has 2 N–H and O–H groups in total. The number of ether oxygens (including phenoxy) is 2. The second-order valence-corrected chi connectivity index (χ2v) is 12.4. The number of carbonyl (C=O) groups is 4. The topological polar surface area (TPSA) is 127 Å². The van der Waals surface area contributed by atoms with E-state index in [0.717, 1.165) is 11.2 Å². The van der Waals surface area contributed by atoms with E-state index in [4.69, 9.17) is 4.74 Å². The third kappa shape index (κ3) is 6.35. The van der Waals surface area contributed by atoms with Gasteiger partial charge in [-0.3, -0.25) is 0 Å². The van der Waals surface area contributed by atoms with Crippen molar-refractivity contribution in [2.75, 3.05) is 13.2 Å². The van der Waals surface area contributed by atoms with Crippen LogP contribution < -0.4 is 0 Å². The van der Waals surface area contributed by atoms with Crippen LogP contribution in [0.1, 0.15) is 40.5 Å². The normalized spacial score (nSPS) is 13.0. The van der Waals surface area contributed by atoms with E-state index in [-0.39, 0.29) is 19.6 Å². The number of rotatable bonds is 10. The predicted octanol–water partition coefficient (Wildman–Crippen LogP) is 0.584. The van der Waals surface area contributed by atoms with Crippen molar-refractivity contribution in [2.24, 2.45) is 0 Å². The Kier molecular flexibility index (Phi) is 8.84. The Morgan fingerprint density at radius 3 is 2.00 bits per heavy atom. The molecule has 0 amide bonds. The number of hydrogen-bond donors (Lipinski definition) is 2. The van der Waals surface area contributed by atoms with Crippen LogP contribution in [-0.4, -0.2) is 48.4 Å². The van der Waals surface area contributed by atoms with E-state index in [2.05, 4.69) is 4.74 Å². The van der Waals surface area contributed by atoms with Crippen molar-refractivity contribution >= 4 is 27.8 Å². The van der Waals surface area contributed by atoms with Crippen LogP contribution >= 0.6 is 0 Å². The van der Waals surface area contributed by atoms with Crippen LogP contribution in [0.4, 0.5) is 0 Å². The first-order valence-corrected chi connectivity index (χ1v) is 12.2. The Balaban J connectivity index is 5.77. The molecule has 9 heteroatoms. The first kappa shape index (κ1) is 22.8. The summed E-state index contributed by atoms with van der Waals surface area (Å²) in [5.41, 5.74) is 0. The molecule has 0 aliphatic carbocycles. The van der Waals surface area contributed by atoms with Gasteiger partial charge in [-0.15, -0.1) is 0 Å². The maximum atomic E-state index is 12.1. The van der Waals surface area contributed by atoms with Crippen molar-refractivity contribution < 1.29 is 51.6 Å². The van der Waals surface area contributed by atoms with Crippen LogP contribution in [0.25, 0.3) is 0 Å². The molecule has 138 valence electrons. The van der Waals surface area contributed by atoms with E-state index in [1.54, 1.807) is 13.8 Å². The molecule has 1 unspecified atom stereocenters. The van der Waals surface area contributed by atoms with Crippen LogP contribution in [0.15, 0.2) is 0 Å². The van der Waals surface area contributed by atoms with Crippen molar-refractivity contribution in [3.8, 4) is 0 Å². The summed E-state index contributed by atoms with van der Waals surface area (Å²) in [5.74, 6) is -3.45. The first-order valence-electron chi connectivity index (χ1n) is 7.85. The van der Waals surface area contributed by atoms with Crippen LogP contribution in [0.3, 0.4) is 0 Å². The third-order valence-electron chi connectivity index (χ3n) is 3.41. The standard InChI is InChI=1S/2C6H9O3.C3H6.2H2O.Ti/c2*1-3-9-6(8)4-5(2)7;1-3-2;;;/h4H,3H2,1-2H3;2-4H2,1H3;1H,3H2,2H3;2*1H2;/q;;;;;+2/p-2. The molecule has 0 bridgehead atoms. The number of hydrogen-bond acceptors (Lipinski definition) is 8. The van der Waals surface area contributed by atoms with Gasteiger partial charge in [-0.05, 0) is 0 Å². The molecular formula is C15H26O8Ti. The molecule has 0 aromatic heterocycles. The molecule has 24 heavy (non-hydrogen) atoms. The van der Waals surface area contributed by atoms with Gasteiger partial charge in [0, 0.05) is 0 Å². The summed E-state index contributed by atoms with van der Waals surface area (Å²) in [7, 11) is 0. The van der Waals surface area contributed by atoms with Gasteiger partial charge in [0.25, 0.3) is 0 Å². The summed E-state index contributed by atoms with van der Waals surface area (Å²) in [6.07, 6.45) is -0.515. The number of esters is 2. The zero-order valence-corrected chi connectivity index (χ0v) is 16.1. The fraction of sp³-hybridized carbons (Fsp3) is 0.667. The van der Waals surface area contributed by atoms with Gasteiger partial charge in [-0.1, -0.05) is 0 Å². The summed E-state index contributed by atoms with van der Waals surface area (Å²) in [5, 5.41) is 0. The zero-order chi connectivity index (χ0) is 19.0. The van der Waals surface area contributed by atoms with Crippen LogP contribution in [0, 0.1) is 0 Å². The summed E-state index contributed by atoms with van der Waals surface area (Å²) < 4.78 is 29.7. The molecule has 0 saturated heterocycles. The van der Waals surface area contributed by atoms with Crippen molar-refractivity contribution in [1.82, 2.24) is 0 Å². The minimum atomic E-state index is -6.01. The first-order chi connectivity index (χ1) is 11.0. The van der Waals surface area contributed by atoms with Gasteiger partial charge in [0.1, 0.15) is 0 Å². The van der Waals surface area contributed by atoms with Gasteiger partial charge < -0.3 is 0 Å². The Morgan fingerprint density at radius 1 is 1.04 bits per heavy atom. The van der Waals surface area contributed by atoms with Gasteiger partial charge in [0.2, 0.25) is 0 Å². The minimum absolute atomic E-state index is 0.0478. The SMILES string of the molecule is CC[CH]=[Ti]([OH])([OH])([CH2]C(=O)CC(=O)OCC)[CH](C(C)=O)C(=O)OCC. The number of Topliss-reactive ketones (excluding diaryl/α,β-unsaturated/α-hetero) is 2. The molecule has 0 rings (SSSR count). The van der Waals surface area contributed by atoms with Crippen molar-refractivity contribution in [2.45, 2.75) is 49.5 Å². The molecule has 0 aliphatic rings. The summed E-state index contributed by atoms with van der Waals surface area (Å²) >= 11 is -6.01. The molecule has 8 nitrogen and oxygen atoms in total. The molecule has 0 aliphatic heterocycles. The number of ketones is 2. The number of carbonyl (C=O) groups excluding carboxylic acids is 4. The van der Waals surface area contributed by atoms with Crippen molar-refractivity contribution in [3.63, 3.8) is 0 Å². The van der Waals surface area contributed by atoms with E-state index in [1.807, 2.05) is 0 Å². The monoisotopic (exact) mass is 382 g/mol. The summed E-state index contributed by atoms with van der Waals surface area (Å²) in [4.78, 5) is 47.4. The van der Waals surface area contributed by atoms with Gasteiger partial charge >= 0.3 is 142 Å². The van der Waals surface area contributed by atoms with Crippen LogP contribution in [-0.2, 0) is 44.3 Å². The van der Waals surface area contributed by atoms with Gasteiger partial charge in [0.15, 0.2) is 0 Å². The Bertz CT molecular complexity index is 572. The van der Waals surface area contributed by atoms with Crippen LogP contribution in [0.5, 0.6) is 0 Å². The van der Waals surface area contributed by atoms with E-state index in [0.29, 0.717) is 0 Å². The fourth-order valence-electron chi connectivity index (χ4n) is 2.67. The maximum absolute atomic E-state index is 12.1. The quantitative estimate of drug-likeness (QED) is 0.319. The summed E-state index contributed by atoms with van der Waals surface area (Å²) in [6, 6.07) is 0. The van der Waals surface area contributed by atoms with Crippen molar-refractivity contribution in [3.05, 3.63) is 0 Å². The molecule has 0 heterocycles. The summed E-state index contributed by atoms with van der Waals surface area (Å²) in [6.45, 7) is 5.75. The van der Waals surface area contributed by atoms with E-state index < -0.39 is 54.5 Å². The zero-order valence-electron chi connectivity index (χ0n) is 14.5. The Hall–Kier alpha value is -1.22. The molecule has 0 aromatic carbocycles. The van der Waals surface area contributed by atoms with E-state index in [1.165, 1.54) is 6.92 Å². The second kappa shape index (κ2) is 9.32. The molecule has 0 aromatic rings. The van der Waals surface area contributed by atoms with E-state index >= 15 is 0 Å². The van der Waals surface area contributed by atoms with E-state index in [9.17, 15) is 26.6 Å². The predicted molar refractivity (Wildman–Crippen MR) is 82.9 cm³/mol. The fourth-order valence-corrected chi connectivity index (χ4v) is 8.74. The molecule has 0 spiro atoms. The Labute approximate surface area is 142 Å². The van der Waals surface area contributed by atoms with Crippen LogP contribution in [0.2, 0.25) is 8.95 Å². The molecular weight excluding hydrogens is 356 g/mol. The average Bonchev–Trinajstić information content (AvgIpc) is 2.36. The van der Waals surface area contributed by atoms with Gasteiger partial charge in [-0.2, -0.15) is 0 Å². The molecule has 0 saturated carbocycles. The third-order valence-corrected chi connectivity index (χ3v) is 10.2. The molecule has 1 atom stereocenters. The van der Waals surface area contributed by atoms with Crippen molar-refractivity contribution in [1.29, 1.82) is 0 Å².